The van der Waals surface area contributed by atoms with E-state index < -0.39 is 0 Å². The molecule has 0 amide bonds. The zero-order chi connectivity index (χ0) is 23.2. The van der Waals surface area contributed by atoms with Crippen LogP contribution < -0.4 is 5.32 Å². The van der Waals surface area contributed by atoms with E-state index >= 15 is 0 Å². The van der Waals surface area contributed by atoms with Crippen LogP contribution >= 0.6 is 12.4 Å². The maximum Gasteiger partial charge on any atom is 0.0448 e. The molecule has 0 bridgehead atoms. The summed E-state index contributed by atoms with van der Waals surface area (Å²) in [6.07, 6.45) is 23.1. The highest BCUT2D eigenvalue weighted by atomic mass is 35.5. The molecule has 3 N–H and O–H groups in total. The van der Waals surface area contributed by atoms with Crippen molar-refractivity contribution in [1.29, 1.82) is 0 Å². The van der Waals surface area contributed by atoms with Crippen molar-refractivity contribution >= 4 is 12.4 Å². The molecule has 1 rings (SSSR count). The molecular weight excluding hydrogens is 430 g/mol. The Morgan fingerprint density at radius 3 is 1.45 bits per heavy atom. The number of aliphatic hydroxyl groups excluding tert-OH is 2. The van der Waals surface area contributed by atoms with E-state index in [1.165, 1.54) is 102 Å². The number of unbranched alkanes of at least 4 members (excludes halogenated alkanes) is 14. The van der Waals surface area contributed by atoms with Crippen molar-refractivity contribution < 1.29 is 10.2 Å². The van der Waals surface area contributed by atoms with Crippen LogP contribution in [0.4, 0.5) is 0 Å². The molecule has 194 valence electrons. The zero-order valence-electron chi connectivity index (χ0n) is 21.5. The summed E-state index contributed by atoms with van der Waals surface area (Å²) in [6.45, 7) is 3.41. The Bertz CT molecular complexity index is 506. The van der Waals surface area contributed by atoms with E-state index in [1.807, 2.05) is 6.07 Å². The van der Waals surface area contributed by atoms with E-state index in [1.54, 1.807) is 0 Å². The second kappa shape index (κ2) is 23.1. The SMILES string of the molecule is CCCCCCCCCCCCCCCCCC(CCO)(CCO)NCc1ccccc1.Cl. The third-order valence-electron chi connectivity index (χ3n) is 6.95. The summed E-state index contributed by atoms with van der Waals surface area (Å²) in [5.74, 6) is 0. The van der Waals surface area contributed by atoms with Gasteiger partial charge in [0.2, 0.25) is 0 Å². The Labute approximate surface area is 211 Å². The molecular formula is C29H54ClNO2. The molecule has 0 aliphatic heterocycles. The molecule has 0 unspecified atom stereocenters. The van der Waals surface area contributed by atoms with Gasteiger partial charge in [0.25, 0.3) is 0 Å². The minimum absolute atomic E-state index is 0. The molecule has 0 fully saturated rings. The second-order valence-corrected chi connectivity index (χ2v) is 9.77. The minimum atomic E-state index is -0.157. The van der Waals surface area contributed by atoms with E-state index in [4.69, 9.17) is 0 Å². The van der Waals surface area contributed by atoms with Crippen LogP contribution in [0.15, 0.2) is 30.3 Å². The van der Waals surface area contributed by atoms with Gasteiger partial charge in [0.15, 0.2) is 0 Å². The fourth-order valence-corrected chi connectivity index (χ4v) is 4.79. The maximum absolute atomic E-state index is 9.63. The van der Waals surface area contributed by atoms with Gasteiger partial charge in [-0.3, -0.25) is 0 Å². The van der Waals surface area contributed by atoms with Gasteiger partial charge >= 0.3 is 0 Å². The maximum atomic E-state index is 9.63. The monoisotopic (exact) mass is 483 g/mol. The van der Waals surface area contributed by atoms with Crippen molar-refractivity contribution in [3.05, 3.63) is 35.9 Å². The highest BCUT2D eigenvalue weighted by molar-refractivity contribution is 5.85. The predicted octanol–water partition coefficient (Wildman–Crippen LogP) is 7.96. The Morgan fingerprint density at radius 1 is 0.606 bits per heavy atom. The summed E-state index contributed by atoms with van der Waals surface area (Å²) < 4.78 is 0. The van der Waals surface area contributed by atoms with Gasteiger partial charge in [0.1, 0.15) is 0 Å². The quantitative estimate of drug-likeness (QED) is 0.138. The van der Waals surface area contributed by atoms with Gasteiger partial charge in [0.05, 0.1) is 0 Å². The first-order valence-corrected chi connectivity index (χ1v) is 13.8. The number of nitrogens with one attached hydrogen (secondary N) is 1. The fourth-order valence-electron chi connectivity index (χ4n) is 4.79. The normalized spacial score (nSPS) is 11.5. The molecule has 33 heavy (non-hydrogen) atoms. The minimum Gasteiger partial charge on any atom is -0.396 e. The molecule has 0 saturated carbocycles. The average Bonchev–Trinajstić information content (AvgIpc) is 2.81. The molecule has 1 aromatic rings. The van der Waals surface area contributed by atoms with Gasteiger partial charge in [-0.15, -0.1) is 12.4 Å². The predicted molar refractivity (Wildman–Crippen MR) is 146 cm³/mol. The van der Waals surface area contributed by atoms with Crippen LogP contribution in [-0.2, 0) is 6.54 Å². The summed E-state index contributed by atoms with van der Waals surface area (Å²) in [4.78, 5) is 0. The molecule has 3 nitrogen and oxygen atoms in total. The molecule has 0 heterocycles. The summed E-state index contributed by atoms with van der Waals surface area (Å²) >= 11 is 0. The topological polar surface area (TPSA) is 52.5 Å². The van der Waals surface area contributed by atoms with Crippen LogP contribution in [-0.4, -0.2) is 29.0 Å². The first kappa shape index (κ1) is 32.4. The average molecular weight is 484 g/mol. The molecule has 0 aliphatic rings. The Kier molecular flexibility index (Phi) is 22.7. The summed E-state index contributed by atoms with van der Waals surface area (Å²) in [5.41, 5.74) is 1.10. The Hall–Kier alpha value is -0.610. The highest BCUT2D eigenvalue weighted by Gasteiger charge is 2.27. The van der Waals surface area contributed by atoms with E-state index in [-0.39, 0.29) is 31.2 Å². The van der Waals surface area contributed by atoms with Crippen molar-refractivity contribution in [2.24, 2.45) is 0 Å². The lowest BCUT2D eigenvalue weighted by Crippen LogP contribution is -2.46. The van der Waals surface area contributed by atoms with Gasteiger partial charge in [-0.2, -0.15) is 0 Å². The standard InChI is InChI=1S/C29H53NO2.ClH/c1-2-3-4-5-6-7-8-9-10-11-12-13-14-15-19-22-29(23-25-31,24-26-32)30-27-28-20-17-16-18-21-28;/h16-18,20-21,30-32H,2-15,19,22-27H2,1H3;1H. The van der Waals surface area contributed by atoms with E-state index in [0.29, 0.717) is 12.8 Å². The van der Waals surface area contributed by atoms with Crippen molar-refractivity contribution in [1.82, 2.24) is 5.32 Å². The smallest absolute Gasteiger partial charge is 0.0448 e. The van der Waals surface area contributed by atoms with E-state index in [9.17, 15) is 10.2 Å². The van der Waals surface area contributed by atoms with Gasteiger partial charge in [-0.05, 0) is 24.8 Å². The molecule has 0 aliphatic carbocycles. The number of hydrogen-bond acceptors (Lipinski definition) is 3. The third kappa shape index (κ3) is 17.5. The molecule has 0 spiro atoms. The van der Waals surface area contributed by atoms with Crippen LogP contribution in [0.1, 0.15) is 128 Å². The number of halogens is 1. The van der Waals surface area contributed by atoms with Crippen LogP contribution in [0.2, 0.25) is 0 Å². The molecule has 0 saturated heterocycles. The molecule has 4 heteroatoms. The first-order chi connectivity index (χ1) is 15.8. The van der Waals surface area contributed by atoms with E-state index in [0.717, 1.165) is 13.0 Å². The van der Waals surface area contributed by atoms with Crippen LogP contribution in [0, 0.1) is 0 Å². The first-order valence-electron chi connectivity index (χ1n) is 13.8. The molecule has 0 radical (unpaired) electrons. The number of aliphatic hydroxyl groups is 2. The zero-order valence-corrected chi connectivity index (χ0v) is 22.4. The lowest BCUT2D eigenvalue weighted by atomic mass is 9.85. The molecule has 0 atom stereocenters. The summed E-state index contributed by atoms with van der Waals surface area (Å²) in [7, 11) is 0. The summed E-state index contributed by atoms with van der Waals surface area (Å²) in [6, 6.07) is 10.4. The van der Waals surface area contributed by atoms with Crippen LogP contribution in [0.5, 0.6) is 0 Å². The fraction of sp³-hybridized carbons (Fsp3) is 0.793. The Balaban J connectivity index is 0.0000102. The van der Waals surface area contributed by atoms with Crippen molar-refractivity contribution in [2.45, 2.75) is 135 Å². The lowest BCUT2D eigenvalue weighted by molar-refractivity contribution is 0.151. The van der Waals surface area contributed by atoms with Crippen molar-refractivity contribution in [2.75, 3.05) is 13.2 Å². The number of benzene rings is 1. The number of rotatable bonds is 23. The third-order valence-corrected chi connectivity index (χ3v) is 6.95. The van der Waals surface area contributed by atoms with E-state index in [2.05, 4.69) is 36.5 Å². The summed E-state index contributed by atoms with van der Waals surface area (Å²) in [5, 5.41) is 22.9. The van der Waals surface area contributed by atoms with Gasteiger partial charge in [-0.25, -0.2) is 0 Å². The highest BCUT2D eigenvalue weighted by Crippen LogP contribution is 2.24. The van der Waals surface area contributed by atoms with Gasteiger partial charge in [0, 0.05) is 25.3 Å². The largest absolute Gasteiger partial charge is 0.396 e. The van der Waals surface area contributed by atoms with Crippen LogP contribution in [0.25, 0.3) is 0 Å². The van der Waals surface area contributed by atoms with Gasteiger partial charge < -0.3 is 15.5 Å². The Morgan fingerprint density at radius 2 is 1.03 bits per heavy atom. The molecule has 0 aromatic heterocycles. The molecule has 1 aromatic carbocycles. The van der Waals surface area contributed by atoms with Gasteiger partial charge in [-0.1, -0.05) is 134 Å². The number of hydrogen-bond donors (Lipinski definition) is 3. The van der Waals surface area contributed by atoms with Crippen molar-refractivity contribution in [3.8, 4) is 0 Å². The lowest BCUT2D eigenvalue weighted by Gasteiger charge is -2.35. The second-order valence-electron chi connectivity index (χ2n) is 9.77. The van der Waals surface area contributed by atoms with Crippen molar-refractivity contribution in [3.63, 3.8) is 0 Å². The van der Waals surface area contributed by atoms with Crippen LogP contribution in [0.3, 0.4) is 0 Å².